The van der Waals surface area contributed by atoms with Crippen LogP contribution in [0, 0.1) is 11.7 Å². The van der Waals surface area contributed by atoms with Crippen LogP contribution in [0.5, 0.6) is 0 Å². The van der Waals surface area contributed by atoms with Gasteiger partial charge in [-0.25, -0.2) is 17.5 Å². The van der Waals surface area contributed by atoms with Crippen LogP contribution < -0.4 is 15.8 Å². The number of carbonyl (C=O) groups excluding carboxylic acids is 1. The molecular weight excluding hydrogens is 333 g/mol. The Balaban J connectivity index is 2.30. The third kappa shape index (κ3) is 3.95. The van der Waals surface area contributed by atoms with Gasteiger partial charge in [-0.2, -0.15) is 0 Å². The van der Waals surface area contributed by atoms with E-state index in [1.807, 2.05) is 0 Å². The average molecular weight is 350 g/mol. The van der Waals surface area contributed by atoms with Gasteiger partial charge in [-0.15, -0.1) is 0 Å². The number of nitrogens with one attached hydrogen (secondary N) is 2. The second-order valence-electron chi connectivity index (χ2n) is 5.24. The molecule has 0 aromatic heterocycles. The van der Waals surface area contributed by atoms with Crippen LogP contribution >= 0.6 is 11.6 Å². The third-order valence-electron chi connectivity index (χ3n) is 3.37. The molecule has 1 aromatic carbocycles. The summed E-state index contributed by atoms with van der Waals surface area (Å²) in [6, 6.07) is 1.44. The van der Waals surface area contributed by atoms with Crippen molar-refractivity contribution < 1.29 is 17.6 Å². The standard InChI is InChI=1S/C13H17ClFN3O3S/c1-7(19)17-11-5-10(15)13(4-9(11)14)22(20,21)18-12(6-16)8-2-3-8/h4-5,8,12,18H,2-3,6,16H2,1H3,(H,17,19). The van der Waals surface area contributed by atoms with Crippen LogP contribution in [-0.4, -0.2) is 26.9 Å². The molecule has 0 aliphatic heterocycles. The Morgan fingerprint density at radius 2 is 2.14 bits per heavy atom. The van der Waals surface area contributed by atoms with Crippen molar-refractivity contribution >= 4 is 33.2 Å². The lowest BCUT2D eigenvalue weighted by Gasteiger charge is -2.17. The first-order chi connectivity index (χ1) is 10.2. The highest BCUT2D eigenvalue weighted by Gasteiger charge is 2.34. The zero-order valence-electron chi connectivity index (χ0n) is 11.9. The molecule has 1 saturated carbocycles. The van der Waals surface area contributed by atoms with Crippen molar-refractivity contribution in [3.05, 3.63) is 23.0 Å². The zero-order valence-corrected chi connectivity index (χ0v) is 13.5. The molecule has 9 heteroatoms. The van der Waals surface area contributed by atoms with Crippen molar-refractivity contribution in [1.82, 2.24) is 4.72 Å². The van der Waals surface area contributed by atoms with Gasteiger partial charge >= 0.3 is 0 Å². The van der Waals surface area contributed by atoms with Gasteiger partial charge in [-0.1, -0.05) is 11.6 Å². The SMILES string of the molecule is CC(=O)Nc1cc(F)c(S(=O)(=O)NC(CN)C2CC2)cc1Cl. The van der Waals surface area contributed by atoms with Crippen molar-refractivity contribution in [1.29, 1.82) is 0 Å². The normalized spacial score (nSPS) is 16.4. The molecule has 122 valence electrons. The van der Waals surface area contributed by atoms with Crippen molar-refractivity contribution in [2.24, 2.45) is 11.7 Å². The lowest BCUT2D eigenvalue weighted by Crippen LogP contribution is -2.41. The zero-order chi connectivity index (χ0) is 16.5. The molecule has 1 fully saturated rings. The molecule has 22 heavy (non-hydrogen) atoms. The first-order valence-corrected chi connectivity index (χ1v) is 8.59. The lowest BCUT2D eigenvalue weighted by molar-refractivity contribution is -0.114. The number of sulfonamides is 1. The van der Waals surface area contributed by atoms with Gasteiger partial charge in [-0.3, -0.25) is 4.79 Å². The topological polar surface area (TPSA) is 101 Å². The van der Waals surface area contributed by atoms with E-state index in [0.717, 1.165) is 25.0 Å². The maximum atomic E-state index is 14.1. The Morgan fingerprint density at radius 3 is 2.64 bits per heavy atom. The first-order valence-electron chi connectivity index (χ1n) is 6.73. The number of rotatable bonds is 6. The summed E-state index contributed by atoms with van der Waals surface area (Å²) < 4.78 is 41.1. The number of halogens is 2. The number of carbonyl (C=O) groups is 1. The lowest BCUT2D eigenvalue weighted by atomic mass is 10.2. The molecule has 0 heterocycles. The smallest absolute Gasteiger partial charge is 0.243 e. The molecule has 1 amide bonds. The molecule has 1 aliphatic rings. The van der Waals surface area contributed by atoms with E-state index in [1.54, 1.807) is 0 Å². The molecule has 1 aliphatic carbocycles. The number of hydrogen-bond acceptors (Lipinski definition) is 4. The Labute approximate surface area is 133 Å². The molecule has 6 nitrogen and oxygen atoms in total. The molecule has 1 atom stereocenters. The van der Waals surface area contributed by atoms with Crippen molar-refractivity contribution in [2.45, 2.75) is 30.7 Å². The van der Waals surface area contributed by atoms with Crippen LogP contribution in [-0.2, 0) is 14.8 Å². The molecule has 0 saturated heterocycles. The highest BCUT2D eigenvalue weighted by molar-refractivity contribution is 7.89. The van der Waals surface area contributed by atoms with Crippen LogP contribution in [0.3, 0.4) is 0 Å². The highest BCUT2D eigenvalue weighted by atomic mass is 35.5. The number of anilines is 1. The summed E-state index contributed by atoms with van der Waals surface area (Å²) in [6.07, 6.45) is 1.80. The minimum Gasteiger partial charge on any atom is -0.329 e. The van der Waals surface area contributed by atoms with E-state index in [2.05, 4.69) is 10.0 Å². The van der Waals surface area contributed by atoms with Crippen LogP contribution in [0.4, 0.5) is 10.1 Å². The molecule has 0 spiro atoms. The second kappa shape index (κ2) is 6.49. The van der Waals surface area contributed by atoms with Gasteiger partial charge in [0.05, 0.1) is 10.7 Å². The second-order valence-corrected chi connectivity index (χ2v) is 7.33. The van der Waals surface area contributed by atoms with Gasteiger partial charge in [0.2, 0.25) is 15.9 Å². The Bertz CT molecular complexity index is 692. The summed E-state index contributed by atoms with van der Waals surface area (Å²) in [7, 11) is -4.08. The van der Waals surface area contributed by atoms with E-state index in [-0.39, 0.29) is 23.2 Å². The van der Waals surface area contributed by atoms with Crippen LogP contribution in [0.2, 0.25) is 5.02 Å². The monoisotopic (exact) mass is 349 g/mol. The minimum absolute atomic E-state index is 0.0168. The maximum Gasteiger partial charge on any atom is 0.243 e. The van der Waals surface area contributed by atoms with Gasteiger partial charge in [0, 0.05) is 25.6 Å². The minimum atomic E-state index is -4.08. The fraction of sp³-hybridized carbons (Fsp3) is 0.462. The molecule has 1 aromatic rings. The van der Waals surface area contributed by atoms with Gasteiger partial charge in [0.1, 0.15) is 10.7 Å². The predicted molar refractivity (Wildman–Crippen MR) is 81.6 cm³/mol. The third-order valence-corrected chi connectivity index (χ3v) is 5.19. The Morgan fingerprint density at radius 1 is 1.50 bits per heavy atom. The van der Waals surface area contributed by atoms with Crippen molar-refractivity contribution in [3.63, 3.8) is 0 Å². The summed E-state index contributed by atoms with van der Waals surface area (Å²) >= 11 is 5.90. The molecule has 1 unspecified atom stereocenters. The Hall–Kier alpha value is -1.22. The van der Waals surface area contributed by atoms with Crippen LogP contribution in [0.15, 0.2) is 17.0 Å². The van der Waals surface area contributed by atoms with E-state index in [1.165, 1.54) is 6.92 Å². The van der Waals surface area contributed by atoms with Crippen molar-refractivity contribution in [2.75, 3.05) is 11.9 Å². The average Bonchev–Trinajstić information content (AvgIpc) is 3.23. The molecule has 0 radical (unpaired) electrons. The van der Waals surface area contributed by atoms with E-state index in [9.17, 15) is 17.6 Å². The van der Waals surface area contributed by atoms with E-state index in [4.69, 9.17) is 17.3 Å². The van der Waals surface area contributed by atoms with Gasteiger partial charge in [0.25, 0.3) is 0 Å². The number of nitrogens with two attached hydrogens (primary N) is 1. The first kappa shape index (κ1) is 17.1. The van der Waals surface area contributed by atoms with Gasteiger partial charge in [-0.05, 0) is 24.8 Å². The van der Waals surface area contributed by atoms with E-state index >= 15 is 0 Å². The fourth-order valence-electron chi connectivity index (χ4n) is 2.12. The van der Waals surface area contributed by atoms with Gasteiger partial charge < -0.3 is 11.1 Å². The quantitative estimate of drug-likeness (QED) is 0.723. The van der Waals surface area contributed by atoms with E-state index in [0.29, 0.717) is 0 Å². The predicted octanol–water partition coefficient (Wildman–Crippen LogP) is 1.45. The summed E-state index contributed by atoms with van der Waals surface area (Å²) in [5.74, 6) is -1.24. The Kier molecular flexibility index (Phi) is 5.06. The van der Waals surface area contributed by atoms with Crippen LogP contribution in [0.1, 0.15) is 19.8 Å². The highest BCUT2D eigenvalue weighted by Crippen LogP contribution is 2.34. The number of benzene rings is 1. The summed E-state index contributed by atoms with van der Waals surface area (Å²) in [5.41, 5.74) is 5.57. The molecule has 4 N–H and O–H groups in total. The summed E-state index contributed by atoms with van der Waals surface area (Å²) in [6.45, 7) is 1.38. The number of amides is 1. The van der Waals surface area contributed by atoms with Crippen LogP contribution in [0.25, 0.3) is 0 Å². The fourth-order valence-corrected chi connectivity index (χ4v) is 3.80. The summed E-state index contributed by atoms with van der Waals surface area (Å²) in [4.78, 5) is 10.4. The molecule has 0 bridgehead atoms. The summed E-state index contributed by atoms with van der Waals surface area (Å²) in [5, 5.41) is 2.26. The maximum absolute atomic E-state index is 14.1. The number of hydrogen-bond donors (Lipinski definition) is 3. The molecular formula is C13H17ClFN3O3S. The van der Waals surface area contributed by atoms with Gasteiger partial charge in [0.15, 0.2) is 0 Å². The van der Waals surface area contributed by atoms with E-state index < -0.39 is 32.7 Å². The largest absolute Gasteiger partial charge is 0.329 e. The molecule has 2 rings (SSSR count). The van der Waals surface area contributed by atoms with Crippen molar-refractivity contribution in [3.8, 4) is 0 Å².